The van der Waals surface area contributed by atoms with Crippen molar-refractivity contribution in [2.24, 2.45) is 0 Å². The number of hydrogen-bond donors (Lipinski definition) is 1. The summed E-state index contributed by atoms with van der Waals surface area (Å²) in [4.78, 5) is 0. The molecule has 0 aliphatic rings. The monoisotopic (exact) mass is 350 g/mol. The van der Waals surface area contributed by atoms with Crippen molar-refractivity contribution in [3.63, 3.8) is 0 Å². The summed E-state index contributed by atoms with van der Waals surface area (Å²) in [5, 5.41) is 8.39. The Hall–Kier alpha value is 1.13. The minimum atomic E-state index is 0. The van der Waals surface area contributed by atoms with Crippen LogP contribution in [0.25, 0.3) is 0 Å². The molecule has 0 aromatic heterocycles. The van der Waals surface area contributed by atoms with Crippen LogP contribution in [0.4, 0.5) is 0 Å². The number of hydrogen-bond acceptors (Lipinski definition) is 1. The van der Waals surface area contributed by atoms with Crippen LogP contribution in [0, 0.1) is 0 Å². The molecule has 0 heterocycles. The third-order valence-electron chi connectivity index (χ3n) is 0.771. The van der Waals surface area contributed by atoms with E-state index in [1.807, 2.05) is 0 Å². The SMILES string of the molecule is C[N+](C)(C)CCO.Cl.[PbH2]. The van der Waals surface area contributed by atoms with Crippen molar-refractivity contribution >= 4 is 39.7 Å². The van der Waals surface area contributed by atoms with E-state index in [0.717, 1.165) is 11.0 Å². The van der Waals surface area contributed by atoms with Crippen molar-refractivity contribution in [3.05, 3.63) is 0 Å². The molecule has 0 aliphatic carbocycles. The number of likely N-dealkylation sites (N-methyl/N-ethyl adjacent to an activating group) is 1. The first kappa shape index (κ1) is 16.6. The van der Waals surface area contributed by atoms with Gasteiger partial charge >= 0.3 is 27.3 Å². The van der Waals surface area contributed by atoms with E-state index >= 15 is 0 Å². The predicted octanol–water partition coefficient (Wildman–Crippen LogP) is -0.809. The van der Waals surface area contributed by atoms with E-state index < -0.39 is 0 Å². The fraction of sp³-hybridized carbons (Fsp3) is 1.00. The van der Waals surface area contributed by atoms with E-state index in [0.29, 0.717) is 0 Å². The van der Waals surface area contributed by atoms with Gasteiger partial charge in [-0.05, 0) is 0 Å². The zero-order chi connectivity index (χ0) is 5.91. The van der Waals surface area contributed by atoms with E-state index in [9.17, 15) is 0 Å². The van der Waals surface area contributed by atoms with Gasteiger partial charge in [0.2, 0.25) is 0 Å². The summed E-state index contributed by atoms with van der Waals surface area (Å²) < 4.78 is 0.844. The van der Waals surface area contributed by atoms with Crippen molar-refractivity contribution in [3.8, 4) is 0 Å². The molecule has 0 aromatic rings. The molecule has 0 aliphatic heterocycles. The van der Waals surface area contributed by atoms with Gasteiger partial charge < -0.3 is 9.59 Å². The predicted molar refractivity (Wildman–Crippen MR) is 45.8 cm³/mol. The molecule has 0 spiro atoms. The molecule has 0 saturated carbocycles. The van der Waals surface area contributed by atoms with E-state index in [1.54, 1.807) is 0 Å². The van der Waals surface area contributed by atoms with Crippen LogP contribution >= 0.6 is 12.4 Å². The maximum absolute atomic E-state index is 8.39. The van der Waals surface area contributed by atoms with Crippen LogP contribution in [-0.2, 0) is 0 Å². The van der Waals surface area contributed by atoms with E-state index in [1.165, 1.54) is 0 Å². The van der Waals surface area contributed by atoms with Crippen LogP contribution in [0.3, 0.4) is 0 Å². The summed E-state index contributed by atoms with van der Waals surface area (Å²) in [5.41, 5.74) is 0. The molecule has 1 N–H and O–H groups in total. The van der Waals surface area contributed by atoms with Gasteiger partial charge in [-0.2, -0.15) is 0 Å². The fourth-order valence-corrected chi connectivity index (χ4v) is 0.300. The molecule has 2 radical (unpaired) electrons. The number of nitrogens with zero attached hydrogens (tertiary/aromatic N) is 1. The first-order valence-corrected chi connectivity index (χ1v) is 2.47. The fourth-order valence-electron chi connectivity index (χ4n) is 0.300. The van der Waals surface area contributed by atoms with Gasteiger partial charge in [0.25, 0.3) is 0 Å². The Morgan fingerprint density at radius 3 is 1.56 bits per heavy atom. The number of aliphatic hydroxyl groups excluding tert-OH is 1. The molecule has 0 atom stereocenters. The second-order valence-electron chi connectivity index (χ2n) is 2.74. The van der Waals surface area contributed by atoms with Gasteiger partial charge in [0.1, 0.15) is 6.54 Å². The average molecular weight is 350 g/mol. The Labute approximate surface area is 83.4 Å². The molecular formula is C5H17ClNOPb+. The second kappa shape index (κ2) is 7.24. The van der Waals surface area contributed by atoms with Gasteiger partial charge in [-0.1, -0.05) is 0 Å². The van der Waals surface area contributed by atoms with E-state index in [2.05, 4.69) is 21.1 Å². The molecule has 0 aromatic carbocycles. The zero-order valence-electron chi connectivity index (χ0n) is 6.42. The molecule has 0 amide bonds. The molecule has 0 rings (SSSR count). The number of rotatable bonds is 2. The number of halogens is 1. The van der Waals surface area contributed by atoms with Gasteiger partial charge in [0.05, 0.1) is 27.7 Å². The summed E-state index contributed by atoms with van der Waals surface area (Å²) in [6, 6.07) is 0. The van der Waals surface area contributed by atoms with Gasteiger partial charge in [0.15, 0.2) is 0 Å². The molecule has 4 heteroatoms. The molecule has 0 bridgehead atoms. The molecule has 0 fully saturated rings. The van der Waals surface area contributed by atoms with Crippen molar-refractivity contribution in [1.82, 2.24) is 0 Å². The quantitative estimate of drug-likeness (QED) is 0.511. The standard InChI is InChI=1S/C5H14NO.ClH.Pb.2H/c1-6(2,3)4-5-7;;;;/h7H,4-5H2,1-3H3;1H;;;/q+1;;;;. The Bertz CT molecular complexity index is 55.4. The number of aliphatic hydroxyl groups is 1. The summed E-state index contributed by atoms with van der Waals surface area (Å²) in [7, 11) is 6.16. The Morgan fingerprint density at radius 2 is 1.56 bits per heavy atom. The van der Waals surface area contributed by atoms with Crippen LogP contribution < -0.4 is 0 Å². The summed E-state index contributed by atoms with van der Waals surface area (Å²) in [6.45, 7) is 1.11. The molecule has 9 heavy (non-hydrogen) atoms. The third-order valence-corrected chi connectivity index (χ3v) is 0.771. The number of quaternary nitrogens is 1. The third kappa shape index (κ3) is 17.6. The first-order valence-electron chi connectivity index (χ1n) is 2.47. The Morgan fingerprint density at radius 1 is 1.22 bits per heavy atom. The van der Waals surface area contributed by atoms with Crippen LogP contribution in [0.2, 0.25) is 0 Å². The normalized spacial score (nSPS) is 9.33. The van der Waals surface area contributed by atoms with Crippen LogP contribution in [-0.4, -0.2) is 71.2 Å². The summed E-state index contributed by atoms with van der Waals surface area (Å²) in [5.74, 6) is 0. The first-order chi connectivity index (χ1) is 3.06. The molecule has 2 nitrogen and oxygen atoms in total. The van der Waals surface area contributed by atoms with Gasteiger partial charge in [-0.3, -0.25) is 0 Å². The topological polar surface area (TPSA) is 20.2 Å². The second-order valence-corrected chi connectivity index (χ2v) is 2.74. The molecule has 0 saturated heterocycles. The van der Waals surface area contributed by atoms with E-state index in [4.69, 9.17) is 5.11 Å². The van der Waals surface area contributed by atoms with Crippen molar-refractivity contribution < 1.29 is 9.59 Å². The van der Waals surface area contributed by atoms with Gasteiger partial charge in [-0.25, -0.2) is 0 Å². The average Bonchev–Trinajstić information content (AvgIpc) is 1.30. The van der Waals surface area contributed by atoms with Crippen molar-refractivity contribution in [1.29, 1.82) is 0 Å². The van der Waals surface area contributed by atoms with Crippen molar-refractivity contribution in [2.45, 2.75) is 0 Å². The van der Waals surface area contributed by atoms with Crippen LogP contribution in [0.5, 0.6) is 0 Å². The maximum atomic E-state index is 8.39. The molecule has 58 valence electrons. The van der Waals surface area contributed by atoms with Gasteiger partial charge in [0, 0.05) is 0 Å². The summed E-state index contributed by atoms with van der Waals surface area (Å²) >= 11 is 0. The van der Waals surface area contributed by atoms with Crippen LogP contribution in [0.15, 0.2) is 0 Å². The van der Waals surface area contributed by atoms with E-state index in [-0.39, 0.29) is 46.3 Å². The van der Waals surface area contributed by atoms with Crippen LogP contribution in [0.1, 0.15) is 0 Å². The Kier molecular flexibility index (Phi) is 13.4. The molecule has 0 unspecified atom stereocenters. The Balaban J connectivity index is -0.000000180. The minimum absolute atomic E-state index is 0. The zero-order valence-corrected chi connectivity index (χ0v) is 12.7. The van der Waals surface area contributed by atoms with Crippen molar-refractivity contribution in [2.75, 3.05) is 34.3 Å². The molecular weight excluding hydrogens is 333 g/mol. The van der Waals surface area contributed by atoms with Gasteiger partial charge in [-0.15, -0.1) is 12.4 Å². The summed E-state index contributed by atoms with van der Waals surface area (Å²) in [6.07, 6.45) is 0.